The Kier molecular flexibility index (Phi) is 6.26. The molecule has 0 radical (unpaired) electrons. The third-order valence-electron chi connectivity index (χ3n) is 3.18. The molecular weight excluding hydrogens is 298 g/mol. The van der Waals surface area contributed by atoms with Crippen LogP contribution in [-0.2, 0) is 10.0 Å². The van der Waals surface area contributed by atoms with Gasteiger partial charge in [-0.1, -0.05) is 25.4 Å². The molecular formula is C13H22ClN3O2S. The Labute approximate surface area is 126 Å². The first-order valence-electron chi connectivity index (χ1n) is 6.59. The molecule has 0 aliphatic rings. The molecule has 0 aromatic heterocycles. The number of nitrogens with one attached hydrogen (secondary N) is 1. The van der Waals surface area contributed by atoms with Gasteiger partial charge in [-0.15, -0.1) is 0 Å². The van der Waals surface area contributed by atoms with Gasteiger partial charge in [-0.25, -0.2) is 13.1 Å². The molecule has 0 heterocycles. The van der Waals surface area contributed by atoms with Crippen LogP contribution >= 0.6 is 11.6 Å². The van der Waals surface area contributed by atoms with Crippen LogP contribution in [-0.4, -0.2) is 39.5 Å². The first-order chi connectivity index (χ1) is 9.31. The Hall–Kier alpha value is -0.820. The largest absolute Gasteiger partial charge is 0.397 e. The molecule has 1 aromatic rings. The molecule has 7 heteroatoms. The van der Waals surface area contributed by atoms with Crippen molar-refractivity contribution >= 4 is 27.3 Å². The zero-order valence-electron chi connectivity index (χ0n) is 12.1. The molecule has 0 saturated carbocycles. The minimum Gasteiger partial charge on any atom is -0.397 e. The van der Waals surface area contributed by atoms with E-state index >= 15 is 0 Å². The Balaban J connectivity index is 2.79. The van der Waals surface area contributed by atoms with Crippen LogP contribution in [0.15, 0.2) is 17.0 Å². The van der Waals surface area contributed by atoms with Crippen molar-refractivity contribution in [3.63, 3.8) is 0 Å². The van der Waals surface area contributed by atoms with Crippen molar-refractivity contribution < 1.29 is 8.42 Å². The van der Waals surface area contributed by atoms with Crippen LogP contribution in [0.5, 0.6) is 0 Å². The van der Waals surface area contributed by atoms with Crippen LogP contribution in [0.3, 0.4) is 0 Å². The van der Waals surface area contributed by atoms with E-state index in [1.807, 2.05) is 13.8 Å². The Morgan fingerprint density at radius 1 is 1.30 bits per heavy atom. The highest BCUT2D eigenvalue weighted by Gasteiger charge is 2.16. The van der Waals surface area contributed by atoms with E-state index in [0.717, 1.165) is 13.1 Å². The van der Waals surface area contributed by atoms with Gasteiger partial charge in [0.15, 0.2) is 0 Å². The maximum atomic E-state index is 12.2. The number of nitrogen functional groups attached to an aromatic ring is 1. The third kappa shape index (κ3) is 4.34. The summed E-state index contributed by atoms with van der Waals surface area (Å²) in [5.74, 6) is 0. The maximum Gasteiger partial charge on any atom is 0.240 e. The topological polar surface area (TPSA) is 75.4 Å². The molecule has 0 atom stereocenters. The van der Waals surface area contributed by atoms with Crippen molar-refractivity contribution in [2.24, 2.45) is 0 Å². The number of nitrogens with two attached hydrogens (primary N) is 1. The second-order valence-electron chi connectivity index (χ2n) is 4.57. The van der Waals surface area contributed by atoms with Crippen molar-refractivity contribution in [1.29, 1.82) is 0 Å². The normalized spacial score (nSPS) is 12.1. The highest BCUT2D eigenvalue weighted by atomic mass is 35.5. The van der Waals surface area contributed by atoms with Gasteiger partial charge in [0.1, 0.15) is 0 Å². The summed E-state index contributed by atoms with van der Waals surface area (Å²) >= 11 is 5.94. The van der Waals surface area contributed by atoms with Gasteiger partial charge in [-0.05, 0) is 37.7 Å². The predicted molar refractivity (Wildman–Crippen MR) is 83.6 cm³/mol. The molecule has 0 unspecified atom stereocenters. The number of likely N-dealkylation sites (N-methyl/N-ethyl adjacent to an activating group) is 1. The first kappa shape index (κ1) is 17.2. The van der Waals surface area contributed by atoms with Crippen LogP contribution in [0.4, 0.5) is 5.69 Å². The fraction of sp³-hybridized carbons (Fsp3) is 0.538. The second kappa shape index (κ2) is 7.26. The van der Waals surface area contributed by atoms with Gasteiger partial charge < -0.3 is 10.6 Å². The van der Waals surface area contributed by atoms with E-state index in [1.54, 1.807) is 6.92 Å². The molecule has 114 valence electrons. The van der Waals surface area contributed by atoms with Crippen LogP contribution in [0.25, 0.3) is 0 Å². The van der Waals surface area contributed by atoms with Gasteiger partial charge in [0.05, 0.1) is 15.6 Å². The van der Waals surface area contributed by atoms with Crippen LogP contribution in [0.2, 0.25) is 5.02 Å². The second-order valence-corrected chi connectivity index (χ2v) is 6.71. The average Bonchev–Trinajstić information content (AvgIpc) is 2.40. The van der Waals surface area contributed by atoms with E-state index in [9.17, 15) is 8.42 Å². The molecule has 1 aromatic carbocycles. The average molecular weight is 320 g/mol. The quantitative estimate of drug-likeness (QED) is 0.752. The van der Waals surface area contributed by atoms with Gasteiger partial charge in [-0.3, -0.25) is 0 Å². The monoisotopic (exact) mass is 319 g/mol. The molecule has 0 aliphatic carbocycles. The lowest BCUT2D eigenvalue weighted by Crippen LogP contribution is -2.34. The van der Waals surface area contributed by atoms with Crippen LogP contribution < -0.4 is 10.5 Å². The Bertz CT molecular complexity index is 534. The number of sulfonamides is 1. The first-order valence-corrected chi connectivity index (χ1v) is 8.45. The van der Waals surface area contributed by atoms with Crippen molar-refractivity contribution in [3.05, 3.63) is 22.7 Å². The number of benzene rings is 1. The molecule has 0 aliphatic heterocycles. The highest BCUT2D eigenvalue weighted by Crippen LogP contribution is 2.26. The molecule has 0 saturated heterocycles. The van der Waals surface area contributed by atoms with Gasteiger partial charge in [-0.2, -0.15) is 0 Å². The number of hydrogen-bond donors (Lipinski definition) is 2. The van der Waals surface area contributed by atoms with E-state index in [0.29, 0.717) is 23.7 Å². The molecule has 5 nitrogen and oxygen atoms in total. The zero-order valence-corrected chi connectivity index (χ0v) is 13.7. The summed E-state index contributed by atoms with van der Waals surface area (Å²) in [4.78, 5) is 2.29. The smallest absolute Gasteiger partial charge is 0.240 e. The zero-order chi connectivity index (χ0) is 15.3. The summed E-state index contributed by atoms with van der Waals surface area (Å²) in [5, 5.41) is 0.395. The van der Waals surface area contributed by atoms with Gasteiger partial charge in [0, 0.05) is 13.1 Å². The number of halogens is 1. The molecule has 3 N–H and O–H groups in total. The van der Waals surface area contributed by atoms with Gasteiger partial charge >= 0.3 is 0 Å². The third-order valence-corrected chi connectivity index (χ3v) is 5.14. The maximum absolute atomic E-state index is 12.2. The highest BCUT2D eigenvalue weighted by molar-refractivity contribution is 7.89. The van der Waals surface area contributed by atoms with E-state index in [-0.39, 0.29) is 10.6 Å². The molecule has 1 rings (SSSR count). The van der Waals surface area contributed by atoms with Crippen molar-refractivity contribution in [3.8, 4) is 0 Å². The van der Waals surface area contributed by atoms with Crippen LogP contribution in [0, 0.1) is 6.92 Å². The van der Waals surface area contributed by atoms with E-state index < -0.39 is 10.0 Å². The lowest BCUT2D eigenvalue weighted by molar-refractivity contribution is 0.309. The van der Waals surface area contributed by atoms with E-state index in [1.165, 1.54) is 12.1 Å². The molecule has 20 heavy (non-hydrogen) atoms. The van der Waals surface area contributed by atoms with E-state index in [2.05, 4.69) is 9.62 Å². The number of aryl methyl sites for hydroxylation is 1. The van der Waals surface area contributed by atoms with Gasteiger partial charge in [0.2, 0.25) is 10.0 Å². The van der Waals surface area contributed by atoms with Crippen LogP contribution in [0.1, 0.15) is 19.4 Å². The lowest BCUT2D eigenvalue weighted by Gasteiger charge is -2.18. The number of rotatable bonds is 7. The summed E-state index contributed by atoms with van der Waals surface area (Å²) in [6, 6.07) is 2.91. The summed E-state index contributed by atoms with van der Waals surface area (Å²) < 4.78 is 26.9. The summed E-state index contributed by atoms with van der Waals surface area (Å²) in [6.07, 6.45) is 0. The molecule has 0 spiro atoms. The number of hydrogen-bond acceptors (Lipinski definition) is 4. The summed E-state index contributed by atoms with van der Waals surface area (Å²) in [6.45, 7) is 8.65. The number of anilines is 1. The van der Waals surface area contributed by atoms with Crippen molar-refractivity contribution in [2.45, 2.75) is 25.7 Å². The van der Waals surface area contributed by atoms with Crippen molar-refractivity contribution in [1.82, 2.24) is 9.62 Å². The Morgan fingerprint density at radius 2 is 1.90 bits per heavy atom. The van der Waals surface area contributed by atoms with Crippen molar-refractivity contribution in [2.75, 3.05) is 31.9 Å². The SMILES string of the molecule is CCN(CC)CCNS(=O)(=O)c1cc(C)c(Cl)c(N)c1. The minimum absolute atomic E-state index is 0.149. The summed E-state index contributed by atoms with van der Waals surface area (Å²) in [5.41, 5.74) is 6.63. The Morgan fingerprint density at radius 3 is 2.40 bits per heavy atom. The fourth-order valence-electron chi connectivity index (χ4n) is 1.88. The van der Waals surface area contributed by atoms with E-state index in [4.69, 9.17) is 17.3 Å². The minimum atomic E-state index is -3.55. The molecule has 0 bridgehead atoms. The standard InChI is InChI=1S/C13H22ClN3O2S/c1-4-17(5-2)7-6-16-20(18,19)11-8-10(3)13(14)12(15)9-11/h8-9,16H,4-7,15H2,1-3H3. The predicted octanol–water partition coefficient (Wildman–Crippen LogP) is 1.85. The number of nitrogens with zero attached hydrogens (tertiary/aromatic N) is 1. The summed E-state index contributed by atoms with van der Waals surface area (Å²) in [7, 11) is -3.55. The van der Waals surface area contributed by atoms with Gasteiger partial charge in [0.25, 0.3) is 0 Å². The molecule has 0 fully saturated rings. The molecule has 0 amide bonds. The fourth-order valence-corrected chi connectivity index (χ4v) is 3.13. The lowest BCUT2D eigenvalue weighted by atomic mass is 10.2.